The Kier molecular flexibility index (Phi) is 8.85. The second-order valence-corrected chi connectivity index (χ2v) is 8.77. The number of esters is 1. The molecule has 38 heavy (non-hydrogen) atoms. The minimum Gasteiger partial charge on any atom is -0.465 e. The summed E-state index contributed by atoms with van der Waals surface area (Å²) in [5, 5.41) is 10.8. The fourth-order valence-electron chi connectivity index (χ4n) is 4.01. The molecule has 0 aliphatic carbocycles. The van der Waals surface area contributed by atoms with Crippen LogP contribution in [0.2, 0.25) is 0 Å². The van der Waals surface area contributed by atoms with Gasteiger partial charge in [-0.05, 0) is 59.7 Å². The van der Waals surface area contributed by atoms with Crippen LogP contribution in [0.4, 0.5) is 4.39 Å². The van der Waals surface area contributed by atoms with Crippen LogP contribution in [0.3, 0.4) is 0 Å². The van der Waals surface area contributed by atoms with Gasteiger partial charge in [0.1, 0.15) is 5.75 Å². The van der Waals surface area contributed by atoms with Crippen LogP contribution in [0.15, 0.2) is 103 Å². The van der Waals surface area contributed by atoms with Crippen molar-refractivity contribution in [3.63, 3.8) is 0 Å². The molecule has 4 aromatic carbocycles. The van der Waals surface area contributed by atoms with E-state index in [4.69, 9.17) is 9.47 Å². The summed E-state index contributed by atoms with van der Waals surface area (Å²) in [4.78, 5) is 26.9. The number of para-hydroxylation sites is 1. The normalized spacial score (nSPS) is 11.4. The molecule has 6 nitrogen and oxygen atoms in total. The van der Waals surface area contributed by atoms with E-state index in [9.17, 15) is 19.1 Å². The van der Waals surface area contributed by atoms with Gasteiger partial charge in [-0.15, -0.1) is 0 Å². The third kappa shape index (κ3) is 7.05. The van der Waals surface area contributed by atoms with Crippen molar-refractivity contribution in [3.05, 3.63) is 131 Å². The van der Waals surface area contributed by atoms with Gasteiger partial charge in [0.25, 0.3) is 5.91 Å². The molecule has 1 amide bonds. The van der Waals surface area contributed by atoms with Crippen molar-refractivity contribution in [3.8, 4) is 11.5 Å². The lowest BCUT2D eigenvalue weighted by Crippen LogP contribution is -2.38. The van der Waals surface area contributed by atoms with E-state index in [1.807, 2.05) is 30.3 Å². The molecule has 0 fully saturated rings. The zero-order valence-corrected chi connectivity index (χ0v) is 20.9. The minimum absolute atomic E-state index is 0.0904. The minimum atomic E-state index is -0.792. The Balaban J connectivity index is 1.51. The number of aliphatic hydroxyl groups is 1. The highest BCUT2D eigenvalue weighted by Gasteiger charge is 2.21. The molecule has 0 aromatic heterocycles. The molecule has 0 unspecified atom stereocenters. The van der Waals surface area contributed by atoms with Gasteiger partial charge in [0.2, 0.25) is 0 Å². The predicted molar refractivity (Wildman–Crippen MR) is 142 cm³/mol. The van der Waals surface area contributed by atoms with Gasteiger partial charge in [0, 0.05) is 25.1 Å². The average Bonchev–Trinajstić information content (AvgIpc) is 2.94. The number of aliphatic hydroxyl groups excluding tert-OH is 1. The number of hydrogen-bond donors (Lipinski definition) is 1. The molecule has 0 radical (unpaired) electrons. The number of halogens is 1. The fourth-order valence-corrected chi connectivity index (χ4v) is 4.01. The molecular weight excluding hydrogens is 485 g/mol. The molecule has 0 saturated heterocycles. The maximum atomic E-state index is 13.9. The van der Waals surface area contributed by atoms with Crippen LogP contribution in [-0.2, 0) is 17.7 Å². The average molecular weight is 514 g/mol. The number of benzene rings is 4. The summed E-state index contributed by atoms with van der Waals surface area (Å²) < 4.78 is 24.3. The van der Waals surface area contributed by atoms with Gasteiger partial charge in [0.05, 0.1) is 18.8 Å². The van der Waals surface area contributed by atoms with Gasteiger partial charge in [-0.2, -0.15) is 0 Å². The summed E-state index contributed by atoms with van der Waals surface area (Å²) >= 11 is 0. The molecule has 7 heteroatoms. The molecule has 0 heterocycles. The smallest absolute Gasteiger partial charge is 0.337 e. The maximum Gasteiger partial charge on any atom is 0.337 e. The monoisotopic (exact) mass is 513 g/mol. The van der Waals surface area contributed by atoms with Crippen LogP contribution >= 0.6 is 0 Å². The summed E-state index contributed by atoms with van der Waals surface area (Å²) in [5.41, 5.74) is 2.55. The summed E-state index contributed by atoms with van der Waals surface area (Å²) in [7, 11) is 1.32. The largest absolute Gasteiger partial charge is 0.465 e. The van der Waals surface area contributed by atoms with Crippen molar-refractivity contribution >= 4 is 11.9 Å². The lowest BCUT2D eigenvalue weighted by molar-refractivity contribution is 0.0594. The second-order valence-electron chi connectivity index (χ2n) is 8.77. The molecule has 0 saturated carbocycles. The molecule has 0 bridgehead atoms. The summed E-state index contributed by atoms with van der Waals surface area (Å²) in [6.45, 7) is 0.319. The Bertz CT molecular complexity index is 1360. The van der Waals surface area contributed by atoms with Crippen molar-refractivity contribution in [2.75, 3.05) is 13.7 Å². The van der Waals surface area contributed by atoms with Crippen LogP contribution in [0, 0.1) is 5.82 Å². The van der Waals surface area contributed by atoms with E-state index in [1.54, 1.807) is 65.6 Å². The van der Waals surface area contributed by atoms with Crippen LogP contribution in [0.1, 0.15) is 31.8 Å². The van der Waals surface area contributed by atoms with Gasteiger partial charge >= 0.3 is 5.97 Å². The molecule has 0 aliphatic rings. The quantitative estimate of drug-likeness (QED) is 0.277. The molecule has 0 aliphatic heterocycles. The number of rotatable bonds is 10. The first-order valence-corrected chi connectivity index (χ1v) is 12.1. The zero-order valence-electron chi connectivity index (χ0n) is 20.9. The summed E-state index contributed by atoms with van der Waals surface area (Å²) in [6.07, 6.45) is -0.402. The Morgan fingerprint density at radius 2 is 1.45 bits per heavy atom. The number of methoxy groups -OCH3 is 1. The molecule has 4 aromatic rings. The first-order valence-electron chi connectivity index (χ1n) is 12.1. The van der Waals surface area contributed by atoms with Crippen molar-refractivity contribution in [1.29, 1.82) is 0 Å². The Morgan fingerprint density at radius 3 is 2.11 bits per heavy atom. The van der Waals surface area contributed by atoms with Crippen molar-refractivity contribution in [2.24, 2.45) is 0 Å². The number of nitrogens with zero attached hydrogens (tertiary/aromatic N) is 1. The summed E-state index contributed by atoms with van der Waals surface area (Å²) in [6, 6.07) is 28.8. The van der Waals surface area contributed by atoms with Crippen molar-refractivity contribution < 1.29 is 28.6 Å². The van der Waals surface area contributed by atoms with E-state index in [0.29, 0.717) is 23.3 Å². The lowest BCUT2D eigenvalue weighted by Gasteiger charge is -2.26. The zero-order chi connectivity index (χ0) is 26.9. The van der Waals surface area contributed by atoms with Gasteiger partial charge in [-0.1, -0.05) is 54.6 Å². The highest BCUT2D eigenvalue weighted by molar-refractivity contribution is 5.94. The molecule has 1 atom stereocenters. The van der Waals surface area contributed by atoms with E-state index in [0.717, 1.165) is 11.1 Å². The Morgan fingerprint density at radius 1 is 0.816 bits per heavy atom. The third-order valence-corrected chi connectivity index (χ3v) is 5.95. The number of hydrogen-bond acceptors (Lipinski definition) is 5. The molecule has 194 valence electrons. The third-order valence-electron chi connectivity index (χ3n) is 5.95. The van der Waals surface area contributed by atoms with Gasteiger partial charge in [0.15, 0.2) is 11.6 Å². The molecule has 0 spiro atoms. The Labute approximate surface area is 220 Å². The maximum absolute atomic E-state index is 13.9. The molecular formula is C31H28FNO5. The lowest BCUT2D eigenvalue weighted by atomic mass is 10.1. The van der Waals surface area contributed by atoms with E-state index in [-0.39, 0.29) is 24.7 Å². The van der Waals surface area contributed by atoms with Gasteiger partial charge in [-0.25, -0.2) is 9.18 Å². The Hall–Kier alpha value is -4.49. The number of carbonyl (C=O) groups excluding carboxylic acids is 2. The SMILES string of the molecule is COC(=O)c1ccc(CN(C[C@H](O)Cc2ccccc2)C(=O)c2ccc(Oc3ccccc3F)cc2)cc1. The van der Waals surface area contributed by atoms with Gasteiger partial charge < -0.3 is 19.5 Å². The van der Waals surface area contributed by atoms with Gasteiger partial charge in [-0.3, -0.25) is 4.79 Å². The fraction of sp³-hybridized carbons (Fsp3) is 0.161. The van der Waals surface area contributed by atoms with Crippen LogP contribution in [0.25, 0.3) is 0 Å². The van der Waals surface area contributed by atoms with Crippen molar-refractivity contribution in [2.45, 2.75) is 19.1 Å². The number of carbonyl (C=O) groups is 2. The second kappa shape index (κ2) is 12.7. The first kappa shape index (κ1) is 26.6. The van der Waals surface area contributed by atoms with E-state index in [2.05, 4.69) is 0 Å². The highest BCUT2D eigenvalue weighted by atomic mass is 19.1. The van der Waals surface area contributed by atoms with E-state index >= 15 is 0 Å². The van der Waals surface area contributed by atoms with Crippen molar-refractivity contribution in [1.82, 2.24) is 4.90 Å². The molecule has 1 N–H and O–H groups in total. The predicted octanol–water partition coefficient (Wildman–Crippen LogP) is 5.65. The van der Waals surface area contributed by atoms with Crippen LogP contribution in [0.5, 0.6) is 11.5 Å². The first-order chi connectivity index (χ1) is 18.4. The summed E-state index contributed by atoms with van der Waals surface area (Å²) in [5.74, 6) is -0.732. The highest BCUT2D eigenvalue weighted by Crippen LogP contribution is 2.25. The topological polar surface area (TPSA) is 76.1 Å². The number of amides is 1. The van der Waals surface area contributed by atoms with E-state index in [1.165, 1.54) is 19.2 Å². The number of ether oxygens (including phenoxy) is 2. The molecule has 4 rings (SSSR count). The standard InChI is InChI=1S/C31H28FNO5/c1-37-31(36)25-13-11-23(12-14-25)20-33(21-26(34)19-22-7-3-2-4-8-22)30(35)24-15-17-27(18-16-24)38-29-10-6-5-9-28(29)32/h2-18,26,34H,19-21H2,1H3/t26-/m1/s1. The van der Waals surface area contributed by atoms with Crippen LogP contribution in [-0.4, -0.2) is 41.6 Å². The van der Waals surface area contributed by atoms with E-state index < -0.39 is 17.9 Å². The van der Waals surface area contributed by atoms with Crippen LogP contribution < -0.4 is 4.74 Å².